The van der Waals surface area contributed by atoms with Gasteiger partial charge in [0.1, 0.15) is 5.69 Å². The quantitative estimate of drug-likeness (QED) is 0.821. The topological polar surface area (TPSA) is 64.4 Å². The van der Waals surface area contributed by atoms with Gasteiger partial charge in [-0.15, -0.1) is 0 Å². The molecule has 0 aliphatic carbocycles. The van der Waals surface area contributed by atoms with E-state index in [1.165, 1.54) is 16.8 Å². The fraction of sp³-hybridized carbons (Fsp3) is 0.643. The van der Waals surface area contributed by atoms with Crippen molar-refractivity contribution in [2.24, 2.45) is 0 Å². The minimum Gasteiger partial charge on any atom is -0.375 e. The van der Waals surface area contributed by atoms with Crippen LogP contribution in [0.4, 0.5) is 0 Å². The molecule has 6 heteroatoms. The van der Waals surface area contributed by atoms with E-state index in [4.69, 9.17) is 4.74 Å². The Morgan fingerprint density at radius 1 is 1.50 bits per heavy atom. The van der Waals surface area contributed by atoms with Crippen LogP contribution in [-0.2, 0) is 11.3 Å². The molecule has 1 atom stereocenters. The summed E-state index contributed by atoms with van der Waals surface area (Å²) in [5.41, 5.74) is 0.167. The molecule has 1 aliphatic heterocycles. The highest BCUT2D eigenvalue weighted by Gasteiger charge is 2.23. The van der Waals surface area contributed by atoms with E-state index < -0.39 is 0 Å². The van der Waals surface area contributed by atoms with Crippen molar-refractivity contribution in [2.45, 2.75) is 39.3 Å². The van der Waals surface area contributed by atoms with Crippen molar-refractivity contribution in [3.63, 3.8) is 0 Å². The van der Waals surface area contributed by atoms with Crippen LogP contribution < -0.4 is 5.56 Å². The van der Waals surface area contributed by atoms with Gasteiger partial charge in [-0.1, -0.05) is 13.3 Å². The molecule has 1 aliphatic rings. The number of morpholine rings is 1. The van der Waals surface area contributed by atoms with Crippen LogP contribution in [0.3, 0.4) is 0 Å². The fourth-order valence-corrected chi connectivity index (χ4v) is 2.20. The van der Waals surface area contributed by atoms with Crippen molar-refractivity contribution in [3.05, 3.63) is 28.2 Å². The van der Waals surface area contributed by atoms with E-state index in [-0.39, 0.29) is 17.6 Å². The maximum absolute atomic E-state index is 12.4. The number of amides is 1. The van der Waals surface area contributed by atoms with E-state index in [1.54, 1.807) is 4.90 Å². The first kappa shape index (κ1) is 14.7. The van der Waals surface area contributed by atoms with Gasteiger partial charge in [0.25, 0.3) is 11.5 Å². The zero-order valence-electron chi connectivity index (χ0n) is 12.0. The molecule has 0 spiro atoms. The molecule has 110 valence electrons. The van der Waals surface area contributed by atoms with Gasteiger partial charge in [0.05, 0.1) is 12.7 Å². The maximum Gasteiger partial charge on any atom is 0.274 e. The highest BCUT2D eigenvalue weighted by atomic mass is 16.5. The molecule has 0 radical (unpaired) electrons. The highest BCUT2D eigenvalue weighted by molar-refractivity contribution is 5.92. The predicted molar refractivity (Wildman–Crippen MR) is 74.7 cm³/mol. The first-order valence-corrected chi connectivity index (χ1v) is 7.11. The number of aromatic nitrogens is 2. The van der Waals surface area contributed by atoms with E-state index in [0.29, 0.717) is 31.9 Å². The molecule has 2 heterocycles. The minimum atomic E-state index is -0.162. The molecule has 1 aromatic heterocycles. The minimum absolute atomic E-state index is 0.0405. The lowest BCUT2D eigenvalue weighted by Crippen LogP contribution is -2.45. The SMILES string of the molecule is CCCCn1nc(C(=O)N2CCOC(C)C2)ccc1=O. The third kappa shape index (κ3) is 3.45. The maximum atomic E-state index is 12.4. The Morgan fingerprint density at radius 3 is 3.00 bits per heavy atom. The van der Waals surface area contributed by atoms with Crippen molar-refractivity contribution in [1.82, 2.24) is 14.7 Å². The molecule has 6 nitrogen and oxygen atoms in total. The summed E-state index contributed by atoms with van der Waals surface area (Å²) in [4.78, 5) is 25.8. The van der Waals surface area contributed by atoms with Gasteiger partial charge in [-0.2, -0.15) is 5.10 Å². The molecule has 20 heavy (non-hydrogen) atoms. The summed E-state index contributed by atoms with van der Waals surface area (Å²) in [6.45, 7) is 6.22. The van der Waals surface area contributed by atoms with Crippen LogP contribution in [0.5, 0.6) is 0 Å². The van der Waals surface area contributed by atoms with Crippen molar-refractivity contribution < 1.29 is 9.53 Å². The highest BCUT2D eigenvalue weighted by Crippen LogP contribution is 2.08. The number of aryl methyl sites for hydroxylation is 1. The van der Waals surface area contributed by atoms with Crippen molar-refractivity contribution in [3.8, 4) is 0 Å². The number of hydrogen-bond acceptors (Lipinski definition) is 4. The molecule has 0 aromatic carbocycles. The molecular formula is C14H21N3O3. The van der Waals surface area contributed by atoms with Crippen molar-refractivity contribution in [1.29, 1.82) is 0 Å². The number of nitrogens with zero attached hydrogens (tertiary/aromatic N) is 3. The number of ether oxygens (including phenoxy) is 1. The summed E-state index contributed by atoms with van der Waals surface area (Å²) in [6.07, 6.45) is 1.89. The van der Waals surface area contributed by atoms with Crippen LogP contribution in [-0.4, -0.2) is 46.4 Å². The van der Waals surface area contributed by atoms with Gasteiger partial charge in [-0.25, -0.2) is 4.68 Å². The number of carbonyl (C=O) groups excluding carboxylic acids is 1. The molecule has 1 aromatic rings. The summed E-state index contributed by atoms with van der Waals surface area (Å²) in [5, 5.41) is 4.18. The van der Waals surface area contributed by atoms with Crippen molar-refractivity contribution in [2.75, 3.05) is 19.7 Å². The normalized spacial score (nSPS) is 19.1. The first-order valence-electron chi connectivity index (χ1n) is 7.11. The van der Waals surface area contributed by atoms with Gasteiger partial charge in [0.2, 0.25) is 0 Å². The summed E-state index contributed by atoms with van der Waals surface area (Å²) in [5.74, 6) is -0.134. The van der Waals surface area contributed by atoms with E-state index in [2.05, 4.69) is 12.0 Å². The number of hydrogen-bond donors (Lipinski definition) is 0. The monoisotopic (exact) mass is 279 g/mol. The molecule has 1 fully saturated rings. The van der Waals surface area contributed by atoms with Crippen LogP contribution in [0.1, 0.15) is 37.2 Å². The summed E-state index contributed by atoms with van der Waals surface area (Å²) in [6, 6.07) is 2.92. The first-order chi connectivity index (χ1) is 9.61. The Labute approximate surface area is 118 Å². The number of carbonyl (C=O) groups is 1. The summed E-state index contributed by atoms with van der Waals surface area (Å²) >= 11 is 0. The summed E-state index contributed by atoms with van der Waals surface area (Å²) in [7, 11) is 0. The van der Waals surface area contributed by atoms with Crippen LogP contribution in [0.25, 0.3) is 0 Å². The largest absolute Gasteiger partial charge is 0.375 e. The fourth-order valence-electron chi connectivity index (χ4n) is 2.20. The molecular weight excluding hydrogens is 258 g/mol. The molecule has 1 unspecified atom stereocenters. The van der Waals surface area contributed by atoms with E-state index in [1.807, 2.05) is 6.92 Å². The molecule has 1 amide bonds. The lowest BCUT2D eigenvalue weighted by Gasteiger charge is -2.30. The summed E-state index contributed by atoms with van der Waals surface area (Å²) < 4.78 is 6.80. The third-order valence-electron chi connectivity index (χ3n) is 3.34. The van der Waals surface area contributed by atoms with Crippen LogP contribution >= 0.6 is 0 Å². The zero-order valence-corrected chi connectivity index (χ0v) is 12.0. The smallest absolute Gasteiger partial charge is 0.274 e. The van der Waals surface area contributed by atoms with Crippen LogP contribution in [0, 0.1) is 0 Å². The average molecular weight is 279 g/mol. The van der Waals surface area contributed by atoms with Crippen LogP contribution in [0.2, 0.25) is 0 Å². The van der Waals surface area contributed by atoms with E-state index >= 15 is 0 Å². The number of rotatable bonds is 4. The molecule has 2 rings (SSSR count). The van der Waals surface area contributed by atoms with Crippen LogP contribution in [0.15, 0.2) is 16.9 Å². The molecule has 0 saturated carbocycles. The van der Waals surface area contributed by atoms with Gasteiger partial charge in [-0.05, 0) is 19.4 Å². The Morgan fingerprint density at radius 2 is 2.30 bits per heavy atom. The van der Waals surface area contributed by atoms with Gasteiger partial charge in [-0.3, -0.25) is 9.59 Å². The predicted octanol–water partition coefficient (Wildman–Crippen LogP) is 0.904. The lowest BCUT2D eigenvalue weighted by molar-refractivity contribution is -0.0127. The third-order valence-corrected chi connectivity index (χ3v) is 3.34. The second kappa shape index (κ2) is 6.65. The van der Waals surface area contributed by atoms with E-state index in [0.717, 1.165) is 12.8 Å². The van der Waals surface area contributed by atoms with E-state index in [9.17, 15) is 9.59 Å². The van der Waals surface area contributed by atoms with Gasteiger partial charge < -0.3 is 9.64 Å². The Hall–Kier alpha value is -1.69. The second-order valence-electron chi connectivity index (χ2n) is 5.07. The number of unbranched alkanes of at least 4 members (excludes halogenated alkanes) is 1. The Kier molecular flexibility index (Phi) is 4.89. The van der Waals surface area contributed by atoms with Crippen molar-refractivity contribution >= 4 is 5.91 Å². The average Bonchev–Trinajstić information content (AvgIpc) is 2.45. The molecule has 1 saturated heterocycles. The van der Waals surface area contributed by atoms with Gasteiger partial charge in [0, 0.05) is 25.7 Å². The Balaban J connectivity index is 2.15. The standard InChI is InChI=1S/C14H21N3O3/c1-3-4-7-17-13(18)6-5-12(15-17)14(19)16-8-9-20-11(2)10-16/h5-6,11H,3-4,7-10H2,1-2H3. The lowest BCUT2D eigenvalue weighted by atomic mass is 10.2. The second-order valence-corrected chi connectivity index (χ2v) is 5.07. The zero-order chi connectivity index (χ0) is 14.5. The van der Waals surface area contributed by atoms with Gasteiger partial charge in [0.15, 0.2) is 0 Å². The molecule has 0 bridgehead atoms. The molecule has 0 N–H and O–H groups in total. The Bertz CT molecular complexity index is 527. The van der Waals surface area contributed by atoms with Gasteiger partial charge >= 0.3 is 0 Å².